The van der Waals surface area contributed by atoms with Crippen molar-refractivity contribution in [1.29, 1.82) is 0 Å². The van der Waals surface area contributed by atoms with Gasteiger partial charge < -0.3 is 25.0 Å². The van der Waals surface area contributed by atoms with Crippen molar-refractivity contribution in [2.24, 2.45) is 0 Å². The molecule has 3 atom stereocenters. The molecule has 6 rings (SSSR count). The first-order chi connectivity index (χ1) is 18.6. The first-order valence-electron chi connectivity index (χ1n) is 12.7. The molecular formula is C28H30N6O4. The van der Waals surface area contributed by atoms with Gasteiger partial charge in [-0.25, -0.2) is 15.0 Å². The summed E-state index contributed by atoms with van der Waals surface area (Å²) in [5.41, 5.74) is 3.37. The van der Waals surface area contributed by atoms with Gasteiger partial charge in [-0.3, -0.25) is 9.63 Å². The monoisotopic (exact) mass is 514 g/mol. The van der Waals surface area contributed by atoms with Gasteiger partial charge in [0.1, 0.15) is 17.9 Å². The lowest BCUT2D eigenvalue weighted by atomic mass is 10.0. The van der Waals surface area contributed by atoms with Crippen LogP contribution in [-0.4, -0.2) is 54.9 Å². The van der Waals surface area contributed by atoms with Crippen LogP contribution in [-0.2, 0) is 14.4 Å². The number of hydrogen-bond acceptors (Lipinski definition) is 9. The Balaban J connectivity index is 1.30. The molecule has 38 heavy (non-hydrogen) atoms. The topological polar surface area (TPSA) is 101 Å². The van der Waals surface area contributed by atoms with Crippen LogP contribution in [0.3, 0.4) is 0 Å². The molecule has 0 unspecified atom stereocenters. The van der Waals surface area contributed by atoms with Gasteiger partial charge in [0, 0.05) is 25.1 Å². The quantitative estimate of drug-likeness (QED) is 0.428. The number of hydrogen-bond donors (Lipinski definition) is 2. The van der Waals surface area contributed by atoms with E-state index in [0.717, 1.165) is 25.1 Å². The summed E-state index contributed by atoms with van der Waals surface area (Å²) < 4.78 is 11.5. The number of rotatable bonds is 8. The number of hydroxylamine groups is 1. The molecule has 4 heterocycles. The maximum absolute atomic E-state index is 12.3. The van der Waals surface area contributed by atoms with Crippen molar-refractivity contribution in [1.82, 2.24) is 9.97 Å². The minimum atomic E-state index is -0.287. The van der Waals surface area contributed by atoms with E-state index in [-0.39, 0.29) is 24.1 Å². The Bertz CT molecular complexity index is 1340. The number of anilines is 5. The van der Waals surface area contributed by atoms with E-state index in [1.807, 2.05) is 41.5 Å². The zero-order chi connectivity index (χ0) is 26.1. The Hall–Kier alpha value is -4.15. The summed E-state index contributed by atoms with van der Waals surface area (Å²) in [5, 5.41) is 8.14. The third kappa shape index (κ3) is 4.64. The molecule has 3 fully saturated rings. The van der Waals surface area contributed by atoms with Gasteiger partial charge in [0.25, 0.3) is 0 Å². The first kappa shape index (κ1) is 24.2. The van der Waals surface area contributed by atoms with Crippen molar-refractivity contribution in [3.8, 4) is 5.75 Å². The van der Waals surface area contributed by atoms with Crippen LogP contribution >= 0.6 is 0 Å². The van der Waals surface area contributed by atoms with Crippen LogP contribution in [0.4, 0.5) is 28.7 Å². The Morgan fingerprint density at radius 1 is 1.18 bits per heavy atom. The lowest BCUT2D eigenvalue weighted by Crippen LogP contribution is -2.37. The van der Waals surface area contributed by atoms with Crippen LogP contribution in [0.25, 0.3) is 0 Å². The Morgan fingerprint density at radius 2 is 2.05 bits per heavy atom. The summed E-state index contributed by atoms with van der Waals surface area (Å²) in [5.74, 6) is 1.56. The largest absolute Gasteiger partial charge is 0.494 e. The number of fused-ring (bicyclic) bond motifs is 2. The molecule has 0 radical (unpaired) electrons. The summed E-state index contributed by atoms with van der Waals surface area (Å²) in [4.78, 5) is 29.4. The Morgan fingerprint density at radius 3 is 2.79 bits per heavy atom. The van der Waals surface area contributed by atoms with Gasteiger partial charge in [-0.15, -0.1) is 0 Å². The van der Waals surface area contributed by atoms with Gasteiger partial charge in [0.15, 0.2) is 5.82 Å². The highest BCUT2D eigenvalue weighted by molar-refractivity contribution is 6.02. The number of benzene rings is 2. The number of methoxy groups -OCH3 is 1. The van der Waals surface area contributed by atoms with Gasteiger partial charge >= 0.3 is 0 Å². The number of aromatic nitrogens is 2. The zero-order valence-electron chi connectivity index (χ0n) is 21.2. The maximum atomic E-state index is 12.3. The summed E-state index contributed by atoms with van der Waals surface area (Å²) in [6.45, 7) is 5.65. The lowest BCUT2D eigenvalue weighted by Gasteiger charge is -2.31. The fourth-order valence-electron chi connectivity index (χ4n) is 5.40. The van der Waals surface area contributed by atoms with E-state index in [0.29, 0.717) is 42.0 Å². The lowest BCUT2D eigenvalue weighted by molar-refractivity contribution is -0.111. The number of carbonyl (C=O) groups excluding carboxylic acids is 1. The minimum Gasteiger partial charge on any atom is -0.494 e. The molecule has 196 valence electrons. The maximum Gasteiger partial charge on any atom is 0.247 e. The SMILES string of the molecule is C=CC(=O)Nc1cc(Nc2cc(N3OCC[C@@H]3c3ccccc3)ncn2)c(OC)cc1N1C[C@H]2C[C@@H]1CO2. The Labute approximate surface area is 221 Å². The van der Waals surface area contributed by atoms with Crippen molar-refractivity contribution in [3.05, 3.63) is 73.1 Å². The zero-order valence-corrected chi connectivity index (χ0v) is 21.2. The third-order valence-corrected chi connectivity index (χ3v) is 7.20. The second kappa shape index (κ2) is 10.3. The normalized spacial score (nSPS) is 22.0. The molecule has 1 aromatic heterocycles. The predicted octanol–water partition coefficient (Wildman–Crippen LogP) is 4.21. The number of nitrogens with one attached hydrogen (secondary N) is 2. The van der Waals surface area contributed by atoms with Crippen LogP contribution in [0, 0.1) is 0 Å². The molecule has 10 nitrogen and oxygen atoms in total. The van der Waals surface area contributed by atoms with Gasteiger partial charge in [-0.05, 0) is 24.1 Å². The summed E-state index contributed by atoms with van der Waals surface area (Å²) >= 11 is 0. The van der Waals surface area contributed by atoms with E-state index >= 15 is 0 Å². The highest BCUT2D eigenvalue weighted by Gasteiger charge is 2.40. The molecule has 3 aromatic rings. The highest BCUT2D eigenvalue weighted by Crippen LogP contribution is 2.43. The van der Waals surface area contributed by atoms with E-state index in [1.54, 1.807) is 7.11 Å². The van der Waals surface area contributed by atoms with Crippen molar-refractivity contribution in [2.75, 3.05) is 47.5 Å². The molecule has 2 N–H and O–H groups in total. The summed E-state index contributed by atoms with van der Waals surface area (Å²) in [6, 6.07) is 16.2. The molecule has 3 saturated heterocycles. The van der Waals surface area contributed by atoms with Crippen LogP contribution < -0.4 is 25.3 Å². The Kier molecular flexibility index (Phi) is 6.57. The number of morpholine rings is 1. The van der Waals surface area contributed by atoms with E-state index < -0.39 is 0 Å². The first-order valence-corrected chi connectivity index (χ1v) is 12.7. The molecule has 1 amide bonds. The summed E-state index contributed by atoms with van der Waals surface area (Å²) in [6.07, 6.45) is 4.81. The second-order valence-electron chi connectivity index (χ2n) is 9.52. The molecule has 2 bridgehead atoms. The molecule has 0 saturated carbocycles. The standard InChI is InChI=1S/C28H30N6O4/c1-3-28(35)32-21-12-22(25(36-2)13-24(21)33-15-20-11-19(33)16-37-20)31-26-14-27(30-17-29-26)34-23(9-10-38-34)18-7-5-4-6-8-18/h3-8,12-14,17,19-20,23H,1,9-11,15-16H2,2H3,(H,32,35)(H,29,30,31)/t19-,20-,23-/m1/s1. The number of ether oxygens (including phenoxy) is 2. The van der Waals surface area contributed by atoms with Crippen molar-refractivity contribution in [3.63, 3.8) is 0 Å². The second-order valence-corrected chi connectivity index (χ2v) is 9.52. The molecule has 0 aliphatic carbocycles. The smallest absolute Gasteiger partial charge is 0.247 e. The number of carbonyl (C=O) groups is 1. The molecule has 2 aromatic carbocycles. The van der Waals surface area contributed by atoms with Crippen LogP contribution in [0.5, 0.6) is 5.75 Å². The van der Waals surface area contributed by atoms with Crippen molar-refractivity contribution >= 4 is 34.6 Å². The minimum absolute atomic E-state index is 0.0632. The van der Waals surface area contributed by atoms with Gasteiger partial charge in [-0.1, -0.05) is 36.9 Å². The van der Waals surface area contributed by atoms with Crippen LogP contribution in [0.1, 0.15) is 24.4 Å². The third-order valence-electron chi connectivity index (χ3n) is 7.20. The fraction of sp³-hybridized carbons (Fsp3) is 0.321. The van der Waals surface area contributed by atoms with Crippen molar-refractivity contribution < 1.29 is 19.1 Å². The van der Waals surface area contributed by atoms with E-state index in [4.69, 9.17) is 14.3 Å². The molecule has 10 heteroatoms. The molecule has 3 aliphatic heterocycles. The van der Waals surface area contributed by atoms with Gasteiger partial charge in [0.2, 0.25) is 5.91 Å². The van der Waals surface area contributed by atoms with Crippen LogP contribution in [0.2, 0.25) is 0 Å². The van der Waals surface area contributed by atoms with Gasteiger partial charge in [-0.2, -0.15) is 0 Å². The molecule has 3 aliphatic rings. The van der Waals surface area contributed by atoms with E-state index in [1.165, 1.54) is 18.0 Å². The van der Waals surface area contributed by atoms with Crippen molar-refractivity contribution in [2.45, 2.75) is 31.0 Å². The highest BCUT2D eigenvalue weighted by atomic mass is 16.7. The average Bonchev–Trinajstić information content (AvgIpc) is 3.72. The molecule has 0 spiro atoms. The number of amides is 1. The van der Waals surface area contributed by atoms with Gasteiger partial charge in [0.05, 0.1) is 55.6 Å². The van der Waals surface area contributed by atoms with E-state index in [2.05, 4.69) is 44.2 Å². The van der Waals surface area contributed by atoms with E-state index in [9.17, 15) is 4.79 Å². The average molecular weight is 515 g/mol. The number of nitrogens with zero attached hydrogens (tertiary/aromatic N) is 4. The summed E-state index contributed by atoms with van der Waals surface area (Å²) in [7, 11) is 1.62. The fourth-order valence-corrected chi connectivity index (χ4v) is 5.40. The predicted molar refractivity (Wildman–Crippen MR) is 145 cm³/mol. The molecular weight excluding hydrogens is 484 g/mol. The van der Waals surface area contributed by atoms with Crippen LogP contribution in [0.15, 0.2) is 67.5 Å².